The molecule has 5 rings (SSSR count). The number of hydrogen-bond donors (Lipinski definition) is 1. The summed E-state index contributed by atoms with van der Waals surface area (Å²) in [5.74, 6) is -1.56. The third-order valence-electron chi connectivity index (χ3n) is 6.68. The fraction of sp³-hybridized carbons (Fsp3) is 0.241. The number of fused-ring (bicyclic) bond motifs is 1. The van der Waals surface area contributed by atoms with Gasteiger partial charge in [0.1, 0.15) is 28.7 Å². The molecule has 0 aliphatic carbocycles. The Morgan fingerprint density at radius 1 is 1.07 bits per heavy atom. The zero-order valence-electron chi connectivity index (χ0n) is 21.4. The first kappa shape index (κ1) is 27.2. The van der Waals surface area contributed by atoms with Crippen LogP contribution in [0.1, 0.15) is 40.7 Å². The molecule has 3 heterocycles. The van der Waals surface area contributed by atoms with Crippen molar-refractivity contribution in [2.75, 3.05) is 18.0 Å². The molecule has 2 aromatic carbocycles. The molecule has 1 aliphatic heterocycles. The van der Waals surface area contributed by atoms with E-state index in [1.165, 1.54) is 40.9 Å². The summed E-state index contributed by atoms with van der Waals surface area (Å²) >= 11 is 0. The average Bonchev–Trinajstić information content (AvgIpc) is 3.29. The van der Waals surface area contributed by atoms with Crippen LogP contribution in [-0.4, -0.2) is 34.7 Å². The lowest BCUT2D eigenvalue weighted by atomic mass is 9.99. The van der Waals surface area contributed by atoms with Crippen molar-refractivity contribution < 1.29 is 31.5 Å². The molecule has 0 radical (unpaired) electrons. The topological polar surface area (TPSA) is 58.9 Å². The third-order valence-corrected chi connectivity index (χ3v) is 6.68. The molecule has 0 atom stereocenters. The van der Waals surface area contributed by atoms with Crippen LogP contribution in [0.3, 0.4) is 0 Å². The normalized spacial score (nSPS) is 13.8. The Labute approximate surface area is 226 Å². The fourth-order valence-electron chi connectivity index (χ4n) is 4.76. The number of imidazole rings is 1. The zero-order valence-corrected chi connectivity index (χ0v) is 21.4. The van der Waals surface area contributed by atoms with Crippen LogP contribution in [0.4, 0.5) is 27.6 Å². The van der Waals surface area contributed by atoms with Crippen molar-refractivity contribution in [1.29, 1.82) is 0 Å². The lowest BCUT2D eigenvalue weighted by Crippen LogP contribution is -2.29. The number of nitrogens with zero attached hydrogens (tertiary/aromatic N) is 3. The summed E-state index contributed by atoms with van der Waals surface area (Å²) < 4.78 is 71.2. The van der Waals surface area contributed by atoms with E-state index in [-0.39, 0.29) is 12.3 Å². The molecular weight excluding hydrogens is 531 g/mol. The first-order valence-corrected chi connectivity index (χ1v) is 12.6. The van der Waals surface area contributed by atoms with Gasteiger partial charge in [-0.3, -0.25) is 9.20 Å². The summed E-state index contributed by atoms with van der Waals surface area (Å²) in [5, 5.41) is 2.79. The number of alkyl halides is 3. The highest BCUT2D eigenvalue weighted by Crippen LogP contribution is 2.30. The van der Waals surface area contributed by atoms with Gasteiger partial charge in [-0.05, 0) is 59.9 Å². The minimum absolute atomic E-state index is 0.0890. The number of halogens is 5. The SMILES string of the molecule is CCc1nc2cc(F)ccn2c1C(=O)NCc1ccc(N2CC=C(c3ccc(OC(F)(F)F)cc3)CC2)c(F)c1. The van der Waals surface area contributed by atoms with Gasteiger partial charge >= 0.3 is 6.36 Å². The van der Waals surface area contributed by atoms with E-state index in [4.69, 9.17) is 0 Å². The van der Waals surface area contributed by atoms with Gasteiger partial charge in [0.25, 0.3) is 5.91 Å². The number of amides is 1. The van der Waals surface area contributed by atoms with Crippen LogP contribution in [0.2, 0.25) is 0 Å². The standard InChI is InChI=1S/C29H25F5N4O2/c1-2-24-27(38-14-11-21(30)16-26(38)36-24)28(39)35-17-18-3-8-25(23(31)15-18)37-12-9-20(10-13-37)19-4-6-22(7-5-19)40-29(32,33)34/h3-9,11,14-16H,2,10,12-13,17H2,1H3,(H,35,39). The average molecular weight is 557 g/mol. The molecule has 1 aliphatic rings. The number of anilines is 1. The minimum Gasteiger partial charge on any atom is -0.406 e. The summed E-state index contributed by atoms with van der Waals surface area (Å²) in [6, 6.07) is 13.0. The van der Waals surface area contributed by atoms with Gasteiger partial charge in [0.15, 0.2) is 0 Å². The Balaban J connectivity index is 1.22. The van der Waals surface area contributed by atoms with E-state index < -0.39 is 23.9 Å². The second-order valence-electron chi connectivity index (χ2n) is 9.30. The van der Waals surface area contributed by atoms with E-state index in [1.54, 1.807) is 24.3 Å². The van der Waals surface area contributed by atoms with Gasteiger partial charge < -0.3 is 15.0 Å². The summed E-state index contributed by atoms with van der Waals surface area (Å²) in [5.41, 5.74) is 3.90. The molecule has 1 amide bonds. The van der Waals surface area contributed by atoms with Gasteiger partial charge in [0.05, 0.1) is 11.4 Å². The number of hydrogen-bond acceptors (Lipinski definition) is 4. The van der Waals surface area contributed by atoms with E-state index in [2.05, 4.69) is 15.0 Å². The van der Waals surface area contributed by atoms with Crippen LogP contribution in [0.5, 0.6) is 5.75 Å². The molecular formula is C29H25F5N4O2. The largest absolute Gasteiger partial charge is 0.573 e. The summed E-state index contributed by atoms with van der Waals surface area (Å²) in [6.45, 7) is 2.89. The molecule has 1 N–H and O–H groups in total. The van der Waals surface area contributed by atoms with Gasteiger partial charge in [0, 0.05) is 31.9 Å². The van der Waals surface area contributed by atoms with E-state index >= 15 is 4.39 Å². The van der Waals surface area contributed by atoms with Crippen molar-refractivity contribution in [1.82, 2.24) is 14.7 Å². The van der Waals surface area contributed by atoms with Crippen molar-refractivity contribution in [3.05, 3.63) is 101 Å². The zero-order chi connectivity index (χ0) is 28.4. The van der Waals surface area contributed by atoms with Crippen LogP contribution >= 0.6 is 0 Å². The number of ether oxygens (including phenoxy) is 1. The fourth-order valence-corrected chi connectivity index (χ4v) is 4.76. The maximum atomic E-state index is 15.1. The number of benzene rings is 2. The van der Waals surface area contributed by atoms with Crippen molar-refractivity contribution in [2.24, 2.45) is 0 Å². The predicted molar refractivity (Wildman–Crippen MR) is 140 cm³/mol. The number of rotatable bonds is 7. The molecule has 0 spiro atoms. The van der Waals surface area contributed by atoms with Crippen LogP contribution < -0.4 is 15.0 Å². The van der Waals surface area contributed by atoms with Gasteiger partial charge in [-0.15, -0.1) is 13.2 Å². The lowest BCUT2D eigenvalue weighted by Gasteiger charge is -2.29. The van der Waals surface area contributed by atoms with E-state index in [0.29, 0.717) is 54.2 Å². The molecule has 0 bridgehead atoms. The number of carbonyl (C=O) groups is 1. The van der Waals surface area contributed by atoms with Crippen LogP contribution in [0.15, 0.2) is 66.9 Å². The van der Waals surface area contributed by atoms with Gasteiger partial charge in [-0.1, -0.05) is 31.2 Å². The third kappa shape index (κ3) is 5.93. The van der Waals surface area contributed by atoms with E-state index in [1.807, 2.05) is 17.9 Å². The number of carbonyl (C=O) groups excluding carboxylic acids is 1. The first-order valence-electron chi connectivity index (χ1n) is 12.6. The summed E-state index contributed by atoms with van der Waals surface area (Å²) in [4.78, 5) is 19.2. The van der Waals surface area contributed by atoms with Crippen molar-refractivity contribution in [2.45, 2.75) is 32.7 Å². The Morgan fingerprint density at radius 3 is 2.50 bits per heavy atom. The molecule has 0 fully saturated rings. The molecule has 208 valence electrons. The molecule has 0 saturated carbocycles. The number of nitrogens with one attached hydrogen (secondary N) is 1. The van der Waals surface area contributed by atoms with Crippen LogP contribution in [0.25, 0.3) is 11.2 Å². The Bertz CT molecular complexity index is 1580. The second kappa shape index (κ2) is 11.0. The summed E-state index contributed by atoms with van der Waals surface area (Å²) in [6.07, 6.45) is -0.300. The lowest BCUT2D eigenvalue weighted by molar-refractivity contribution is -0.274. The van der Waals surface area contributed by atoms with E-state index in [9.17, 15) is 22.4 Å². The maximum Gasteiger partial charge on any atom is 0.573 e. The second-order valence-corrected chi connectivity index (χ2v) is 9.30. The maximum absolute atomic E-state index is 15.1. The molecule has 6 nitrogen and oxygen atoms in total. The highest BCUT2D eigenvalue weighted by Gasteiger charge is 2.31. The van der Waals surface area contributed by atoms with Gasteiger partial charge in [-0.25, -0.2) is 13.8 Å². The molecule has 4 aromatic rings. The Kier molecular flexibility index (Phi) is 7.46. The number of aromatic nitrogens is 2. The minimum atomic E-state index is -4.74. The van der Waals surface area contributed by atoms with Gasteiger partial charge in [-0.2, -0.15) is 0 Å². The summed E-state index contributed by atoms with van der Waals surface area (Å²) in [7, 11) is 0. The van der Waals surface area contributed by atoms with Crippen molar-refractivity contribution in [3.63, 3.8) is 0 Å². The van der Waals surface area contributed by atoms with E-state index in [0.717, 1.165) is 11.1 Å². The predicted octanol–water partition coefficient (Wildman–Crippen LogP) is 6.30. The number of pyridine rings is 1. The number of aryl methyl sites for hydroxylation is 1. The molecule has 11 heteroatoms. The Morgan fingerprint density at radius 2 is 1.85 bits per heavy atom. The molecule has 0 unspecified atom stereocenters. The first-order chi connectivity index (χ1) is 19.1. The van der Waals surface area contributed by atoms with Gasteiger partial charge in [0.2, 0.25) is 0 Å². The molecule has 40 heavy (non-hydrogen) atoms. The quantitative estimate of drug-likeness (QED) is 0.272. The highest BCUT2D eigenvalue weighted by molar-refractivity contribution is 5.94. The smallest absolute Gasteiger partial charge is 0.406 e. The van der Waals surface area contributed by atoms with Crippen molar-refractivity contribution in [3.8, 4) is 5.75 Å². The van der Waals surface area contributed by atoms with Crippen molar-refractivity contribution >= 4 is 22.8 Å². The molecule has 2 aromatic heterocycles. The van der Waals surface area contributed by atoms with Crippen LogP contribution in [0, 0.1) is 11.6 Å². The highest BCUT2D eigenvalue weighted by atomic mass is 19.4. The molecule has 0 saturated heterocycles. The Hall–Kier alpha value is -4.41. The van der Waals surface area contributed by atoms with Crippen LogP contribution in [-0.2, 0) is 13.0 Å². The monoisotopic (exact) mass is 556 g/mol.